The van der Waals surface area contributed by atoms with Crippen LogP contribution in [-0.2, 0) is 26.0 Å². The normalized spacial score (nSPS) is 17.5. The first-order valence-corrected chi connectivity index (χ1v) is 12.5. The summed E-state index contributed by atoms with van der Waals surface area (Å²) in [7, 11) is -3.81. The smallest absolute Gasteiger partial charge is 0.240 e. The van der Waals surface area contributed by atoms with E-state index in [1.807, 2.05) is 6.92 Å². The molecule has 2 aliphatic rings. The van der Waals surface area contributed by atoms with E-state index in [0.717, 1.165) is 24.1 Å². The Morgan fingerprint density at radius 1 is 1.09 bits per heavy atom. The number of carbonyl (C=O) groups is 3. The van der Waals surface area contributed by atoms with Gasteiger partial charge in [-0.15, -0.1) is 0 Å². The molecule has 1 aliphatic carbocycles. The highest BCUT2D eigenvalue weighted by Crippen LogP contribution is 2.39. The number of fused-ring (bicyclic) bond motifs is 1. The predicted octanol–water partition coefficient (Wildman–Crippen LogP) is 2.88. The number of ketones is 1. The van der Waals surface area contributed by atoms with Crippen LogP contribution in [0.5, 0.6) is 0 Å². The number of hydrogen-bond donors (Lipinski definition) is 2. The molecule has 0 radical (unpaired) electrons. The Kier molecular flexibility index (Phi) is 6.36. The molecular formula is C24H27N3O5S. The first-order valence-electron chi connectivity index (χ1n) is 11.0. The summed E-state index contributed by atoms with van der Waals surface area (Å²) in [6, 6.07) is 11.4. The molecule has 0 aromatic heterocycles. The molecule has 33 heavy (non-hydrogen) atoms. The van der Waals surface area contributed by atoms with Gasteiger partial charge in [0, 0.05) is 41.9 Å². The van der Waals surface area contributed by atoms with Gasteiger partial charge in [0.15, 0.2) is 5.78 Å². The van der Waals surface area contributed by atoms with E-state index in [1.165, 1.54) is 13.0 Å². The van der Waals surface area contributed by atoms with Crippen molar-refractivity contribution in [1.82, 2.24) is 4.72 Å². The van der Waals surface area contributed by atoms with Gasteiger partial charge in [0.1, 0.15) is 0 Å². The molecule has 1 atom stereocenters. The maximum absolute atomic E-state index is 12.7. The van der Waals surface area contributed by atoms with Gasteiger partial charge in [-0.1, -0.05) is 12.1 Å². The van der Waals surface area contributed by atoms with Gasteiger partial charge >= 0.3 is 0 Å². The van der Waals surface area contributed by atoms with E-state index in [-0.39, 0.29) is 47.4 Å². The highest BCUT2D eigenvalue weighted by Gasteiger charge is 2.39. The fourth-order valence-electron chi connectivity index (χ4n) is 4.06. The van der Waals surface area contributed by atoms with Crippen LogP contribution in [0.4, 0.5) is 11.4 Å². The van der Waals surface area contributed by atoms with Gasteiger partial charge in [-0.25, -0.2) is 13.1 Å². The van der Waals surface area contributed by atoms with Crippen molar-refractivity contribution in [1.29, 1.82) is 0 Å². The van der Waals surface area contributed by atoms with Gasteiger partial charge in [0.2, 0.25) is 21.8 Å². The minimum absolute atomic E-state index is 0.00390. The van der Waals surface area contributed by atoms with Crippen molar-refractivity contribution in [3.05, 3.63) is 53.6 Å². The molecule has 4 rings (SSSR count). The molecule has 1 aliphatic heterocycles. The first kappa shape index (κ1) is 23.1. The molecule has 174 valence electrons. The zero-order valence-electron chi connectivity index (χ0n) is 18.6. The van der Waals surface area contributed by atoms with Gasteiger partial charge in [0.05, 0.1) is 4.90 Å². The molecule has 8 nitrogen and oxygen atoms in total. The van der Waals surface area contributed by atoms with E-state index in [1.54, 1.807) is 41.3 Å². The van der Waals surface area contributed by atoms with Crippen LogP contribution in [0.2, 0.25) is 0 Å². The minimum Gasteiger partial charge on any atom is -0.326 e. The molecule has 2 N–H and O–H groups in total. The van der Waals surface area contributed by atoms with E-state index >= 15 is 0 Å². The average molecular weight is 470 g/mol. The summed E-state index contributed by atoms with van der Waals surface area (Å²) in [5.41, 5.74) is 2.58. The van der Waals surface area contributed by atoms with Crippen LogP contribution in [-0.4, -0.2) is 38.6 Å². The zero-order valence-corrected chi connectivity index (χ0v) is 19.4. The van der Waals surface area contributed by atoms with Crippen LogP contribution < -0.4 is 14.9 Å². The lowest BCUT2D eigenvalue weighted by Gasteiger charge is -2.22. The lowest BCUT2D eigenvalue weighted by atomic mass is 10.1. The Balaban J connectivity index is 1.36. The van der Waals surface area contributed by atoms with Crippen LogP contribution in [0.25, 0.3) is 0 Å². The fourth-order valence-corrected chi connectivity index (χ4v) is 5.14. The standard InChI is InChI=1S/C24H27N3O5S/c1-15-12-19-14-21(8-9-22(19)27(15)24(30)17-6-7-17)33(31,32)25-11-10-23(29)26-20-5-3-4-18(13-20)16(2)28/h3-5,8-9,13-15,17,25H,6-7,10-12H2,1-2H3,(H,26,29). The molecule has 1 heterocycles. The number of anilines is 2. The number of rotatable bonds is 8. The van der Waals surface area contributed by atoms with E-state index in [0.29, 0.717) is 17.7 Å². The Hall–Kier alpha value is -3.04. The number of sulfonamides is 1. The number of hydrogen-bond acceptors (Lipinski definition) is 5. The second-order valence-corrected chi connectivity index (χ2v) is 10.4. The summed E-state index contributed by atoms with van der Waals surface area (Å²) in [4.78, 5) is 38.2. The van der Waals surface area contributed by atoms with Crippen LogP contribution in [0.15, 0.2) is 47.4 Å². The summed E-state index contributed by atoms with van der Waals surface area (Å²) in [5, 5.41) is 2.67. The SMILES string of the molecule is CC(=O)c1cccc(NC(=O)CCNS(=O)(=O)c2ccc3c(c2)CC(C)N3C(=O)C2CC2)c1. The van der Waals surface area contributed by atoms with Gasteiger partial charge in [-0.2, -0.15) is 0 Å². The topological polar surface area (TPSA) is 113 Å². The number of amides is 2. The van der Waals surface area contributed by atoms with E-state index in [9.17, 15) is 22.8 Å². The van der Waals surface area contributed by atoms with Crippen molar-refractivity contribution in [2.24, 2.45) is 5.92 Å². The third-order valence-electron chi connectivity index (χ3n) is 5.94. The third-order valence-corrected chi connectivity index (χ3v) is 7.40. The van der Waals surface area contributed by atoms with Crippen molar-refractivity contribution < 1.29 is 22.8 Å². The van der Waals surface area contributed by atoms with Gasteiger partial charge in [-0.3, -0.25) is 14.4 Å². The van der Waals surface area contributed by atoms with Gasteiger partial charge in [-0.05, 0) is 69.0 Å². The maximum atomic E-state index is 12.7. The van der Waals surface area contributed by atoms with E-state index in [2.05, 4.69) is 10.0 Å². The second kappa shape index (κ2) is 9.07. The highest BCUT2D eigenvalue weighted by molar-refractivity contribution is 7.89. The Labute approximate surface area is 193 Å². The number of carbonyl (C=O) groups excluding carboxylic acids is 3. The zero-order chi connectivity index (χ0) is 23.8. The van der Waals surface area contributed by atoms with Gasteiger partial charge < -0.3 is 10.2 Å². The molecule has 9 heteroatoms. The van der Waals surface area contributed by atoms with Crippen molar-refractivity contribution in [2.45, 2.75) is 50.5 Å². The second-order valence-electron chi connectivity index (χ2n) is 8.66. The molecule has 0 saturated heterocycles. The van der Waals surface area contributed by atoms with Crippen LogP contribution >= 0.6 is 0 Å². The fraction of sp³-hybridized carbons (Fsp3) is 0.375. The van der Waals surface area contributed by atoms with Crippen LogP contribution in [0.3, 0.4) is 0 Å². The predicted molar refractivity (Wildman–Crippen MR) is 125 cm³/mol. The van der Waals surface area contributed by atoms with E-state index < -0.39 is 10.0 Å². The van der Waals surface area contributed by atoms with Crippen molar-refractivity contribution in [3.8, 4) is 0 Å². The van der Waals surface area contributed by atoms with E-state index in [4.69, 9.17) is 0 Å². The van der Waals surface area contributed by atoms with Crippen LogP contribution in [0, 0.1) is 5.92 Å². The Morgan fingerprint density at radius 3 is 2.55 bits per heavy atom. The Morgan fingerprint density at radius 2 is 1.85 bits per heavy atom. The summed E-state index contributed by atoms with van der Waals surface area (Å²) in [6.07, 6.45) is 2.39. The Bertz CT molecular complexity index is 1220. The molecule has 1 saturated carbocycles. The first-order chi connectivity index (χ1) is 15.7. The average Bonchev–Trinajstić information content (AvgIpc) is 3.55. The summed E-state index contributed by atoms with van der Waals surface area (Å²) in [6.45, 7) is 3.34. The monoisotopic (exact) mass is 469 g/mol. The summed E-state index contributed by atoms with van der Waals surface area (Å²) >= 11 is 0. The lowest BCUT2D eigenvalue weighted by Crippen LogP contribution is -2.36. The molecule has 1 unspecified atom stereocenters. The summed E-state index contributed by atoms with van der Waals surface area (Å²) < 4.78 is 28.0. The number of benzene rings is 2. The quantitative estimate of drug-likeness (QED) is 0.578. The van der Waals surface area contributed by atoms with Crippen molar-refractivity contribution in [3.63, 3.8) is 0 Å². The maximum Gasteiger partial charge on any atom is 0.240 e. The summed E-state index contributed by atoms with van der Waals surface area (Å²) in [5.74, 6) is -0.257. The molecule has 0 bridgehead atoms. The third kappa shape index (κ3) is 5.15. The highest BCUT2D eigenvalue weighted by atomic mass is 32.2. The minimum atomic E-state index is -3.81. The van der Waals surface area contributed by atoms with Crippen LogP contribution in [0.1, 0.15) is 49.0 Å². The molecule has 2 aromatic carbocycles. The molecule has 0 spiro atoms. The largest absolute Gasteiger partial charge is 0.326 e. The van der Waals surface area contributed by atoms with Crippen molar-refractivity contribution in [2.75, 3.05) is 16.8 Å². The number of nitrogens with one attached hydrogen (secondary N) is 2. The lowest BCUT2D eigenvalue weighted by molar-refractivity contribution is -0.120. The molecule has 2 aromatic rings. The van der Waals surface area contributed by atoms with Gasteiger partial charge in [0.25, 0.3) is 0 Å². The molecule has 1 fully saturated rings. The number of Topliss-reactive ketones (excluding diaryl/α,β-unsaturated/α-hetero) is 1. The number of nitrogens with zero attached hydrogens (tertiary/aromatic N) is 1. The molecular weight excluding hydrogens is 442 g/mol. The van der Waals surface area contributed by atoms with Crippen molar-refractivity contribution >= 4 is 39.0 Å². The molecule has 2 amide bonds.